The second-order valence-electron chi connectivity index (χ2n) is 5.88. The molecule has 0 aliphatic carbocycles. The first-order valence-electron chi connectivity index (χ1n) is 7.97. The maximum Gasteiger partial charge on any atom is 0.272 e. The van der Waals surface area contributed by atoms with Gasteiger partial charge in [-0.1, -0.05) is 18.2 Å². The number of fused-ring (bicyclic) bond motifs is 3. The molecule has 0 spiro atoms. The second kappa shape index (κ2) is 6.34. The van der Waals surface area contributed by atoms with Crippen LogP contribution in [0, 0.1) is 12.7 Å². The van der Waals surface area contributed by atoms with Gasteiger partial charge in [-0.3, -0.25) is 14.2 Å². The molecule has 130 valence electrons. The van der Waals surface area contributed by atoms with Gasteiger partial charge in [0, 0.05) is 15.8 Å². The minimum absolute atomic E-state index is 0.154. The summed E-state index contributed by atoms with van der Waals surface area (Å²) in [6, 6.07) is 13.2. The summed E-state index contributed by atoms with van der Waals surface area (Å²) < 4.78 is 15.8. The van der Waals surface area contributed by atoms with E-state index < -0.39 is 0 Å². The molecule has 5 nitrogen and oxygen atoms in total. The molecule has 0 aliphatic rings. The predicted molar refractivity (Wildman–Crippen MR) is 101 cm³/mol. The second-order valence-corrected chi connectivity index (χ2v) is 6.93. The van der Waals surface area contributed by atoms with Crippen LogP contribution in [0.15, 0.2) is 53.3 Å². The van der Waals surface area contributed by atoms with Gasteiger partial charge in [0.25, 0.3) is 5.56 Å². The topological polar surface area (TPSA) is 64.0 Å². The van der Waals surface area contributed by atoms with Gasteiger partial charge in [-0.2, -0.15) is 0 Å². The van der Waals surface area contributed by atoms with Crippen LogP contribution in [0.5, 0.6) is 0 Å². The number of hydrogen-bond donors (Lipinski definition) is 1. The molecule has 0 saturated carbocycles. The first-order valence-corrected chi connectivity index (χ1v) is 8.78. The van der Waals surface area contributed by atoms with Crippen LogP contribution in [0.3, 0.4) is 0 Å². The first-order chi connectivity index (χ1) is 12.5. The monoisotopic (exact) mass is 367 g/mol. The van der Waals surface area contributed by atoms with Gasteiger partial charge in [0.2, 0.25) is 5.91 Å². The Balaban J connectivity index is 1.70. The summed E-state index contributed by atoms with van der Waals surface area (Å²) in [5.41, 5.74) is 0.907. The van der Waals surface area contributed by atoms with Crippen molar-refractivity contribution in [3.8, 4) is 0 Å². The van der Waals surface area contributed by atoms with E-state index in [2.05, 4.69) is 10.3 Å². The van der Waals surface area contributed by atoms with Gasteiger partial charge in [0.05, 0.1) is 5.52 Å². The number of nitrogens with one attached hydrogen (secondary N) is 1. The minimum atomic E-state index is -0.380. The third-order valence-electron chi connectivity index (χ3n) is 4.10. The average molecular weight is 367 g/mol. The highest BCUT2D eigenvalue weighted by molar-refractivity contribution is 7.25. The lowest BCUT2D eigenvalue weighted by atomic mass is 10.2. The lowest BCUT2D eigenvalue weighted by molar-refractivity contribution is -0.116. The lowest BCUT2D eigenvalue weighted by Crippen LogP contribution is -2.29. The molecule has 2 aromatic carbocycles. The van der Waals surface area contributed by atoms with E-state index in [1.54, 1.807) is 6.92 Å². The van der Waals surface area contributed by atoms with Crippen LogP contribution in [0.4, 0.5) is 10.1 Å². The number of aryl methyl sites for hydroxylation is 1. The van der Waals surface area contributed by atoms with Crippen LogP contribution in [0.1, 0.15) is 5.82 Å². The van der Waals surface area contributed by atoms with Gasteiger partial charge >= 0.3 is 0 Å². The molecule has 0 radical (unpaired) electrons. The third kappa shape index (κ3) is 2.86. The maximum absolute atomic E-state index is 12.9. The molecule has 4 rings (SSSR count). The summed E-state index contributed by atoms with van der Waals surface area (Å²) >= 11 is 1.37. The molecule has 1 N–H and O–H groups in total. The fourth-order valence-electron chi connectivity index (χ4n) is 2.84. The molecule has 0 bridgehead atoms. The van der Waals surface area contributed by atoms with E-state index in [1.165, 1.54) is 40.2 Å². The molecule has 2 aromatic heterocycles. The van der Waals surface area contributed by atoms with Gasteiger partial charge in [-0.15, -0.1) is 11.3 Å². The molecule has 1 amide bonds. The van der Waals surface area contributed by atoms with Crippen LogP contribution < -0.4 is 10.9 Å². The van der Waals surface area contributed by atoms with Crippen molar-refractivity contribution < 1.29 is 9.18 Å². The Morgan fingerprint density at radius 3 is 2.69 bits per heavy atom. The highest BCUT2D eigenvalue weighted by Crippen LogP contribution is 2.30. The molecular formula is C19H14FN3O2S. The van der Waals surface area contributed by atoms with E-state index in [0.29, 0.717) is 21.7 Å². The molecule has 4 aromatic rings. The van der Waals surface area contributed by atoms with Crippen LogP contribution in [0.2, 0.25) is 0 Å². The standard InChI is InChI=1S/C19H14FN3O2S/c1-11-21-17-14-4-2-3-5-15(14)26-18(17)19(25)23(11)10-16(24)22-13-8-6-12(20)7-9-13/h2-9H,10H2,1H3,(H,22,24). The SMILES string of the molecule is Cc1nc2c(sc3ccccc32)c(=O)n1CC(=O)Nc1ccc(F)cc1. The zero-order valence-electron chi connectivity index (χ0n) is 13.8. The zero-order valence-corrected chi connectivity index (χ0v) is 14.6. The fraction of sp³-hybridized carbons (Fsp3) is 0.105. The molecule has 26 heavy (non-hydrogen) atoms. The number of nitrogens with zero attached hydrogens (tertiary/aromatic N) is 2. The average Bonchev–Trinajstić information content (AvgIpc) is 2.99. The number of carbonyl (C=O) groups is 1. The number of aromatic nitrogens is 2. The molecule has 0 aliphatic heterocycles. The van der Waals surface area contributed by atoms with Crippen LogP contribution >= 0.6 is 11.3 Å². The van der Waals surface area contributed by atoms with E-state index in [4.69, 9.17) is 0 Å². The van der Waals surface area contributed by atoms with Crippen molar-refractivity contribution in [2.45, 2.75) is 13.5 Å². The summed E-state index contributed by atoms with van der Waals surface area (Å²) in [5, 5.41) is 3.60. The van der Waals surface area contributed by atoms with Crippen LogP contribution in [0.25, 0.3) is 20.3 Å². The molecule has 0 saturated heterocycles. The summed E-state index contributed by atoms with van der Waals surface area (Å²) in [7, 11) is 0. The Bertz CT molecular complexity index is 1200. The predicted octanol–water partition coefficient (Wildman–Crippen LogP) is 3.70. The Hall–Kier alpha value is -3.06. The van der Waals surface area contributed by atoms with Crippen molar-refractivity contribution in [1.29, 1.82) is 0 Å². The summed E-state index contributed by atoms with van der Waals surface area (Å²) in [4.78, 5) is 29.7. The Labute approximate surface area is 151 Å². The van der Waals surface area contributed by atoms with Crippen molar-refractivity contribution in [2.75, 3.05) is 5.32 Å². The van der Waals surface area contributed by atoms with Crippen molar-refractivity contribution in [3.05, 3.63) is 70.5 Å². The Morgan fingerprint density at radius 2 is 1.92 bits per heavy atom. The Morgan fingerprint density at radius 1 is 1.19 bits per heavy atom. The molecule has 2 heterocycles. The maximum atomic E-state index is 12.9. The largest absolute Gasteiger partial charge is 0.325 e. The van der Waals surface area contributed by atoms with Gasteiger partial charge in [-0.05, 0) is 37.3 Å². The number of thiophene rings is 1. The van der Waals surface area contributed by atoms with Gasteiger partial charge in [0.1, 0.15) is 22.9 Å². The Kier molecular flexibility index (Phi) is 4.00. The number of hydrogen-bond acceptors (Lipinski definition) is 4. The number of benzene rings is 2. The highest BCUT2D eigenvalue weighted by Gasteiger charge is 2.15. The highest BCUT2D eigenvalue weighted by atomic mass is 32.1. The van der Waals surface area contributed by atoms with E-state index in [1.807, 2.05) is 24.3 Å². The van der Waals surface area contributed by atoms with Crippen molar-refractivity contribution in [2.24, 2.45) is 0 Å². The number of halogens is 1. The summed E-state index contributed by atoms with van der Waals surface area (Å²) in [6.45, 7) is 1.55. The molecular weight excluding hydrogens is 353 g/mol. The van der Waals surface area contributed by atoms with E-state index in [9.17, 15) is 14.0 Å². The molecule has 0 fully saturated rings. The normalized spacial score (nSPS) is 11.2. The third-order valence-corrected chi connectivity index (χ3v) is 5.25. The molecule has 0 atom stereocenters. The van der Waals surface area contributed by atoms with Crippen LogP contribution in [-0.4, -0.2) is 15.5 Å². The quantitative estimate of drug-likeness (QED) is 0.601. The molecule has 0 unspecified atom stereocenters. The van der Waals surface area contributed by atoms with E-state index in [0.717, 1.165) is 10.1 Å². The smallest absolute Gasteiger partial charge is 0.272 e. The number of anilines is 1. The van der Waals surface area contributed by atoms with E-state index >= 15 is 0 Å². The first kappa shape index (κ1) is 16.4. The molecule has 7 heteroatoms. The van der Waals surface area contributed by atoms with Crippen molar-refractivity contribution in [3.63, 3.8) is 0 Å². The number of carbonyl (C=O) groups excluding carboxylic acids is 1. The lowest BCUT2D eigenvalue weighted by Gasteiger charge is -2.10. The number of amides is 1. The number of rotatable bonds is 3. The minimum Gasteiger partial charge on any atom is -0.325 e. The van der Waals surface area contributed by atoms with Crippen LogP contribution in [-0.2, 0) is 11.3 Å². The van der Waals surface area contributed by atoms with Crippen molar-refractivity contribution >= 4 is 43.2 Å². The van der Waals surface area contributed by atoms with Gasteiger partial charge in [0.15, 0.2) is 0 Å². The summed E-state index contributed by atoms with van der Waals surface area (Å²) in [6.07, 6.45) is 0. The summed E-state index contributed by atoms with van der Waals surface area (Å²) in [5.74, 6) is -0.279. The van der Waals surface area contributed by atoms with Gasteiger partial charge < -0.3 is 5.32 Å². The zero-order chi connectivity index (χ0) is 18.3. The van der Waals surface area contributed by atoms with E-state index in [-0.39, 0.29) is 23.8 Å². The van der Waals surface area contributed by atoms with Gasteiger partial charge in [-0.25, -0.2) is 9.37 Å². The fourth-order valence-corrected chi connectivity index (χ4v) is 3.93. The van der Waals surface area contributed by atoms with Crippen molar-refractivity contribution in [1.82, 2.24) is 9.55 Å².